The van der Waals surface area contributed by atoms with Crippen LogP contribution in [0.25, 0.3) is 16.9 Å². The second-order valence-corrected chi connectivity index (χ2v) is 8.36. The molecular formula is C28H19N5O4. The molecule has 3 aromatic carbocycles. The summed E-state index contributed by atoms with van der Waals surface area (Å²) < 4.78 is 1.60. The topological polar surface area (TPSA) is 134 Å². The van der Waals surface area contributed by atoms with Crippen molar-refractivity contribution in [2.24, 2.45) is 5.92 Å². The third-order valence-corrected chi connectivity index (χ3v) is 6.02. The van der Waals surface area contributed by atoms with Crippen molar-refractivity contribution in [1.29, 1.82) is 5.26 Å². The van der Waals surface area contributed by atoms with Crippen molar-refractivity contribution in [2.45, 2.75) is 6.42 Å². The molecule has 1 atom stereocenters. The zero-order valence-corrected chi connectivity index (χ0v) is 19.3. The van der Waals surface area contributed by atoms with Gasteiger partial charge in [0, 0.05) is 28.9 Å². The molecule has 2 N–H and O–H groups in total. The molecule has 0 spiro atoms. The highest BCUT2D eigenvalue weighted by Gasteiger charge is 2.36. The van der Waals surface area contributed by atoms with Gasteiger partial charge in [-0.1, -0.05) is 42.5 Å². The molecule has 0 bridgehead atoms. The largest absolute Gasteiger partial charge is 0.325 e. The SMILES string of the molecule is N#CC(C(=O)Nc1ccccc1)C(=O)c1nn(-c2ccccc2)c2c1Cc1ccc(NC(=O)C=O)cc1-2. The van der Waals surface area contributed by atoms with E-state index in [2.05, 4.69) is 15.7 Å². The number of anilines is 2. The second-order valence-electron chi connectivity index (χ2n) is 8.36. The van der Waals surface area contributed by atoms with Crippen molar-refractivity contribution in [3.8, 4) is 23.0 Å². The molecule has 5 rings (SSSR count). The van der Waals surface area contributed by atoms with Crippen LogP contribution in [-0.2, 0) is 20.8 Å². The number of nitrogens with zero attached hydrogens (tertiary/aromatic N) is 3. The van der Waals surface area contributed by atoms with Gasteiger partial charge in [-0.3, -0.25) is 19.2 Å². The Morgan fingerprint density at radius 1 is 0.946 bits per heavy atom. The van der Waals surface area contributed by atoms with E-state index < -0.39 is 23.5 Å². The van der Waals surface area contributed by atoms with Gasteiger partial charge in [-0.05, 0) is 42.0 Å². The van der Waals surface area contributed by atoms with Gasteiger partial charge in [0.25, 0.3) is 5.91 Å². The number of fused-ring (bicyclic) bond motifs is 3. The molecule has 9 heteroatoms. The number of nitrogens with one attached hydrogen (secondary N) is 2. The van der Waals surface area contributed by atoms with Gasteiger partial charge in [0.15, 0.2) is 5.92 Å². The van der Waals surface area contributed by atoms with Crippen molar-refractivity contribution < 1.29 is 19.2 Å². The van der Waals surface area contributed by atoms with Crippen molar-refractivity contribution >= 4 is 35.3 Å². The predicted octanol–water partition coefficient (Wildman–Crippen LogP) is 3.54. The summed E-state index contributed by atoms with van der Waals surface area (Å²) >= 11 is 0. The molecule has 4 aromatic rings. The monoisotopic (exact) mass is 489 g/mol. The number of para-hydroxylation sites is 2. The fraction of sp³-hybridized carbons (Fsp3) is 0.0714. The van der Waals surface area contributed by atoms with Gasteiger partial charge in [0.05, 0.1) is 17.5 Å². The minimum Gasteiger partial charge on any atom is -0.325 e. The molecule has 37 heavy (non-hydrogen) atoms. The van der Waals surface area contributed by atoms with Crippen LogP contribution in [0.3, 0.4) is 0 Å². The zero-order valence-electron chi connectivity index (χ0n) is 19.3. The summed E-state index contributed by atoms with van der Waals surface area (Å²) in [6, 6.07) is 24.7. The summed E-state index contributed by atoms with van der Waals surface area (Å²) in [6.07, 6.45) is 0.533. The van der Waals surface area contributed by atoms with E-state index >= 15 is 0 Å². The predicted molar refractivity (Wildman–Crippen MR) is 135 cm³/mol. The highest BCUT2D eigenvalue weighted by Crippen LogP contribution is 2.41. The molecule has 1 unspecified atom stereocenters. The maximum Gasteiger partial charge on any atom is 0.288 e. The van der Waals surface area contributed by atoms with Gasteiger partial charge in [-0.2, -0.15) is 10.4 Å². The van der Waals surface area contributed by atoms with Gasteiger partial charge in [-0.15, -0.1) is 0 Å². The highest BCUT2D eigenvalue weighted by atomic mass is 16.2. The first kappa shape index (κ1) is 23.4. The summed E-state index contributed by atoms with van der Waals surface area (Å²) in [7, 11) is 0. The molecule has 0 fully saturated rings. The molecule has 2 amide bonds. The summed E-state index contributed by atoms with van der Waals surface area (Å²) in [6.45, 7) is 0. The molecule has 1 heterocycles. The summed E-state index contributed by atoms with van der Waals surface area (Å²) in [5.41, 5.74) is 4.38. The molecule has 0 saturated carbocycles. The van der Waals surface area contributed by atoms with Crippen LogP contribution < -0.4 is 10.6 Å². The lowest BCUT2D eigenvalue weighted by atomic mass is 9.98. The number of carbonyl (C=O) groups excluding carboxylic acids is 4. The first-order valence-electron chi connectivity index (χ1n) is 11.4. The van der Waals surface area contributed by atoms with E-state index in [1.165, 1.54) is 0 Å². The number of nitriles is 1. The maximum atomic E-state index is 13.6. The number of ketones is 1. The summed E-state index contributed by atoms with van der Waals surface area (Å²) in [5.74, 6) is -3.83. The lowest BCUT2D eigenvalue weighted by Crippen LogP contribution is -2.29. The molecule has 9 nitrogen and oxygen atoms in total. The molecule has 180 valence electrons. The van der Waals surface area contributed by atoms with Gasteiger partial charge in [-0.25, -0.2) is 4.68 Å². The van der Waals surface area contributed by atoms with Crippen LogP contribution in [0, 0.1) is 17.2 Å². The van der Waals surface area contributed by atoms with Gasteiger partial charge in [0.2, 0.25) is 18.0 Å². The molecule has 0 saturated heterocycles. The van der Waals surface area contributed by atoms with E-state index in [0.29, 0.717) is 34.7 Å². The van der Waals surface area contributed by atoms with Crippen molar-refractivity contribution in [3.05, 3.63) is 95.7 Å². The molecule has 1 aliphatic carbocycles. The molecular weight excluding hydrogens is 470 g/mol. The van der Waals surface area contributed by atoms with E-state index in [1.807, 2.05) is 36.4 Å². The Hall–Kier alpha value is -5.36. The van der Waals surface area contributed by atoms with Crippen LogP contribution >= 0.6 is 0 Å². The molecule has 1 aliphatic rings. The minimum atomic E-state index is -1.60. The Morgan fingerprint density at radius 2 is 1.65 bits per heavy atom. The lowest BCUT2D eigenvalue weighted by molar-refractivity contribution is -0.127. The number of rotatable bonds is 7. The van der Waals surface area contributed by atoms with Gasteiger partial charge in [0.1, 0.15) is 5.69 Å². The van der Waals surface area contributed by atoms with Crippen molar-refractivity contribution in [3.63, 3.8) is 0 Å². The number of aldehydes is 1. The first-order chi connectivity index (χ1) is 18.0. The molecule has 1 aromatic heterocycles. The van der Waals surface area contributed by atoms with E-state index in [9.17, 15) is 24.4 Å². The van der Waals surface area contributed by atoms with Crippen molar-refractivity contribution in [2.75, 3.05) is 10.6 Å². The number of Topliss-reactive ketones (excluding diaryl/α,β-unsaturated/α-hetero) is 1. The number of hydrogen-bond acceptors (Lipinski definition) is 6. The van der Waals surface area contributed by atoms with Gasteiger partial charge < -0.3 is 10.6 Å². The second kappa shape index (κ2) is 9.71. The van der Waals surface area contributed by atoms with Crippen LogP contribution in [0.2, 0.25) is 0 Å². The van der Waals surface area contributed by atoms with Crippen LogP contribution in [0.5, 0.6) is 0 Å². The number of amides is 2. The Balaban J connectivity index is 1.58. The van der Waals surface area contributed by atoms with E-state index in [4.69, 9.17) is 0 Å². The van der Waals surface area contributed by atoms with Gasteiger partial charge >= 0.3 is 0 Å². The van der Waals surface area contributed by atoms with E-state index in [1.54, 1.807) is 53.2 Å². The smallest absolute Gasteiger partial charge is 0.288 e. The average Bonchev–Trinajstić information content (AvgIpc) is 3.47. The average molecular weight is 489 g/mol. The number of hydrogen-bond donors (Lipinski definition) is 2. The third-order valence-electron chi connectivity index (χ3n) is 6.02. The summed E-state index contributed by atoms with van der Waals surface area (Å²) in [4.78, 5) is 48.8. The van der Waals surface area contributed by atoms with Crippen molar-refractivity contribution in [1.82, 2.24) is 9.78 Å². The molecule has 0 aliphatic heterocycles. The number of aromatic nitrogens is 2. The summed E-state index contributed by atoms with van der Waals surface area (Å²) in [5, 5.41) is 19.4. The van der Waals surface area contributed by atoms with Crippen LogP contribution in [0.4, 0.5) is 11.4 Å². The van der Waals surface area contributed by atoms with Crippen LogP contribution in [0.15, 0.2) is 78.9 Å². The number of carbonyl (C=O) groups is 4. The maximum absolute atomic E-state index is 13.6. The van der Waals surface area contributed by atoms with Crippen LogP contribution in [-0.4, -0.2) is 33.7 Å². The fourth-order valence-corrected chi connectivity index (χ4v) is 4.35. The fourth-order valence-electron chi connectivity index (χ4n) is 4.35. The standard InChI is InChI=1S/C28H19N5O4/c29-15-23(28(37)31-18-7-3-1-4-8-18)27(36)25-22-13-17-11-12-19(30-24(35)16-34)14-21(17)26(22)33(32-25)20-9-5-2-6-10-20/h1-12,14,16,23H,13H2,(H,30,35)(H,31,37). The quantitative estimate of drug-likeness (QED) is 0.155. The zero-order chi connectivity index (χ0) is 25.9. The Bertz CT molecular complexity index is 1590. The lowest BCUT2D eigenvalue weighted by Gasteiger charge is -2.10. The Morgan fingerprint density at radius 3 is 2.32 bits per heavy atom. The normalized spacial score (nSPS) is 12.0. The highest BCUT2D eigenvalue weighted by molar-refractivity contribution is 6.29. The van der Waals surface area contributed by atoms with Crippen LogP contribution in [0.1, 0.15) is 21.6 Å². The number of benzene rings is 3. The van der Waals surface area contributed by atoms with E-state index in [-0.39, 0.29) is 12.0 Å². The third kappa shape index (κ3) is 4.39. The first-order valence-corrected chi connectivity index (χ1v) is 11.4. The molecule has 0 radical (unpaired) electrons. The van der Waals surface area contributed by atoms with E-state index in [0.717, 1.165) is 11.1 Å². The Labute approximate surface area is 211 Å². The Kier molecular flexibility index (Phi) is 6.14. The minimum absolute atomic E-state index is 0.0308.